The van der Waals surface area contributed by atoms with Crippen molar-refractivity contribution in [2.75, 3.05) is 23.5 Å². The van der Waals surface area contributed by atoms with Gasteiger partial charge in [0, 0.05) is 18.8 Å². The van der Waals surface area contributed by atoms with Gasteiger partial charge in [0.05, 0.1) is 11.2 Å². The molecule has 2 aromatic carbocycles. The van der Waals surface area contributed by atoms with Crippen molar-refractivity contribution in [2.45, 2.75) is 12.5 Å². The molecule has 1 aliphatic rings. The standard InChI is InChI=1S/C23H22N6O2/c30-22-20-19(12-14-25-22)27-23(26-16-11-13-24-15-16)28-21(20)29(17-7-3-1-4-8-17)31-18-9-5-2-6-10-18/h1-10,12,14,16,24H,11,13,15H2,(H,25,30)(H,26,27,28). The van der Waals surface area contributed by atoms with Gasteiger partial charge in [-0.25, -0.2) is 4.98 Å². The smallest absolute Gasteiger partial charge is 0.261 e. The van der Waals surface area contributed by atoms with E-state index in [1.807, 2.05) is 60.7 Å². The minimum Gasteiger partial charge on any atom is -0.373 e. The maximum absolute atomic E-state index is 12.8. The summed E-state index contributed by atoms with van der Waals surface area (Å²) < 4.78 is 0. The molecule has 156 valence electrons. The Hall–Kier alpha value is -3.91. The number of H-pyrrole nitrogens is 1. The van der Waals surface area contributed by atoms with E-state index in [1.165, 1.54) is 0 Å². The van der Waals surface area contributed by atoms with Crippen LogP contribution in [0.5, 0.6) is 5.75 Å². The third kappa shape index (κ3) is 4.06. The second-order valence-electron chi connectivity index (χ2n) is 7.31. The first-order valence-corrected chi connectivity index (χ1v) is 10.2. The number of nitrogens with one attached hydrogen (secondary N) is 3. The maximum Gasteiger partial charge on any atom is 0.261 e. The molecule has 0 aliphatic carbocycles. The number of fused-ring (bicyclic) bond motifs is 1. The van der Waals surface area contributed by atoms with Gasteiger partial charge < -0.3 is 20.5 Å². The lowest BCUT2D eigenvalue weighted by Gasteiger charge is -2.25. The van der Waals surface area contributed by atoms with Crippen LogP contribution in [0.4, 0.5) is 17.5 Å². The minimum atomic E-state index is -0.279. The van der Waals surface area contributed by atoms with Crippen molar-refractivity contribution in [3.8, 4) is 5.75 Å². The monoisotopic (exact) mass is 414 g/mol. The highest BCUT2D eigenvalue weighted by Gasteiger charge is 2.22. The molecule has 1 fully saturated rings. The lowest BCUT2D eigenvalue weighted by atomic mass is 10.2. The van der Waals surface area contributed by atoms with Crippen molar-refractivity contribution in [2.24, 2.45) is 0 Å². The Kier molecular flexibility index (Phi) is 5.20. The quantitative estimate of drug-likeness (QED) is 0.417. The lowest BCUT2D eigenvalue weighted by Crippen LogP contribution is -2.27. The zero-order valence-corrected chi connectivity index (χ0v) is 16.8. The van der Waals surface area contributed by atoms with Crippen LogP contribution in [-0.2, 0) is 0 Å². The Morgan fingerprint density at radius 2 is 1.77 bits per heavy atom. The number of benzene rings is 2. The first-order chi connectivity index (χ1) is 15.3. The van der Waals surface area contributed by atoms with Gasteiger partial charge in [-0.1, -0.05) is 36.4 Å². The van der Waals surface area contributed by atoms with E-state index in [2.05, 4.69) is 20.6 Å². The van der Waals surface area contributed by atoms with Crippen molar-refractivity contribution in [3.05, 3.63) is 83.3 Å². The fourth-order valence-corrected chi connectivity index (χ4v) is 3.61. The van der Waals surface area contributed by atoms with Crippen LogP contribution in [0.3, 0.4) is 0 Å². The molecule has 0 spiro atoms. The molecule has 3 heterocycles. The van der Waals surface area contributed by atoms with Crippen molar-refractivity contribution < 1.29 is 4.84 Å². The molecule has 1 aliphatic heterocycles. The normalized spacial score (nSPS) is 15.7. The topological polar surface area (TPSA) is 95.2 Å². The van der Waals surface area contributed by atoms with Gasteiger partial charge in [-0.15, -0.1) is 0 Å². The lowest BCUT2D eigenvalue weighted by molar-refractivity contribution is 0.321. The number of hydrogen-bond donors (Lipinski definition) is 3. The number of nitrogens with zero attached hydrogens (tertiary/aromatic N) is 3. The van der Waals surface area contributed by atoms with Gasteiger partial charge in [0.2, 0.25) is 5.95 Å². The van der Waals surface area contributed by atoms with Crippen molar-refractivity contribution in [1.82, 2.24) is 20.3 Å². The molecular weight excluding hydrogens is 392 g/mol. The third-order valence-corrected chi connectivity index (χ3v) is 5.12. The van der Waals surface area contributed by atoms with Crippen LogP contribution < -0.4 is 26.1 Å². The van der Waals surface area contributed by atoms with Crippen LogP contribution in [0, 0.1) is 0 Å². The summed E-state index contributed by atoms with van der Waals surface area (Å²) in [6.07, 6.45) is 2.57. The van der Waals surface area contributed by atoms with E-state index in [1.54, 1.807) is 17.3 Å². The van der Waals surface area contributed by atoms with Crippen LogP contribution in [0.2, 0.25) is 0 Å². The molecule has 31 heavy (non-hydrogen) atoms. The van der Waals surface area contributed by atoms with E-state index in [0.717, 1.165) is 25.2 Å². The molecule has 1 unspecified atom stereocenters. The zero-order valence-electron chi connectivity index (χ0n) is 16.8. The number of aromatic nitrogens is 3. The molecule has 3 N–H and O–H groups in total. The second kappa shape index (κ2) is 8.45. The molecule has 0 amide bonds. The van der Waals surface area contributed by atoms with E-state index in [4.69, 9.17) is 9.82 Å². The average molecular weight is 414 g/mol. The second-order valence-corrected chi connectivity index (χ2v) is 7.31. The van der Waals surface area contributed by atoms with Crippen LogP contribution in [0.25, 0.3) is 10.9 Å². The first kappa shape index (κ1) is 19.1. The highest BCUT2D eigenvalue weighted by Crippen LogP contribution is 2.30. The Labute approximate surface area is 178 Å². The van der Waals surface area contributed by atoms with Gasteiger partial charge in [0.15, 0.2) is 11.6 Å². The van der Waals surface area contributed by atoms with Gasteiger partial charge in [-0.05, 0) is 43.3 Å². The Bertz CT molecular complexity index is 1220. The molecule has 2 aromatic heterocycles. The molecule has 1 saturated heterocycles. The summed E-state index contributed by atoms with van der Waals surface area (Å²) in [6.45, 7) is 1.79. The molecule has 0 bridgehead atoms. The minimum absolute atomic E-state index is 0.229. The van der Waals surface area contributed by atoms with Crippen LogP contribution in [-0.4, -0.2) is 34.1 Å². The van der Waals surface area contributed by atoms with E-state index < -0.39 is 0 Å². The number of rotatable bonds is 6. The van der Waals surface area contributed by atoms with Gasteiger partial charge in [0.1, 0.15) is 5.39 Å². The van der Waals surface area contributed by atoms with Crippen molar-refractivity contribution in [3.63, 3.8) is 0 Å². The summed E-state index contributed by atoms with van der Waals surface area (Å²) in [5.41, 5.74) is 1.00. The molecule has 5 rings (SSSR count). The van der Waals surface area contributed by atoms with Crippen molar-refractivity contribution >= 4 is 28.4 Å². The van der Waals surface area contributed by atoms with Crippen LogP contribution in [0.15, 0.2) is 77.7 Å². The predicted octanol–water partition coefficient (Wildman–Crippen LogP) is 3.22. The largest absolute Gasteiger partial charge is 0.373 e. The van der Waals surface area contributed by atoms with E-state index in [9.17, 15) is 4.79 Å². The molecule has 8 heteroatoms. The van der Waals surface area contributed by atoms with Crippen LogP contribution >= 0.6 is 0 Å². The SMILES string of the molecule is O=c1[nH]ccc2nc(NC3CCNC3)nc(N(Oc3ccccc3)c3ccccc3)c12. The number of hydrogen-bond acceptors (Lipinski definition) is 7. The fraction of sp³-hybridized carbons (Fsp3) is 0.174. The molecule has 0 radical (unpaired) electrons. The molecule has 4 aromatic rings. The van der Waals surface area contributed by atoms with Crippen molar-refractivity contribution in [1.29, 1.82) is 0 Å². The number of para-hydroxylation sites is 2. The predicted molar refractivity (Wildman–Crippen MR) is 121 cm³/mol. The third-order valence-electron chi connectivity index (χ3n) is 5.12. The van der Waals surface area contributed by atoms with E-state index in [-0.39, 0.29) is 11.6 Å². The fourth-order valence-electron chi connectivity index (χ4n) is 3.61. The summed E-state index contributed by atoms with van der Waals surface area (Å²) in [4.78, 5) is 31.1. The zero-order chi connectivity index (χ0) is 21.0. The summed E-state index contributed by atoms with van der Waals surface area (Å²) >= 11 is 0. The average Bonchev–Trinajstić information content (AvgIpc) is 3.31. The van der Waals surface area contributed by atoms with Gasteiger partial charge in [-0.3, -0.25) is 4.79 Å². The highest BCUT2D eigenvalue weighted by atomic mass is 16.7. The number of anilines is 3. The van der Waals surface area contributed by atoms with E-state index in [0.29, 0.717) is 28.4 Å². The summed E-state index contributed by atoms with van der Waals surface area (Å²) in [7, 11) is 0. The molecule has 1 atom stereocenters. The van der Waals surface area contributed by atoms with E-state index >= 15 is 0 Å². The Morgan fingerprint density at radius 3 is 2.52 bits per heavy atom. The maximum atomic E-state index is 12.8. The number of aromatic amines is 1. The summed E-state index contributed by atoms with van der Waals surface area (Å²) in [5, 5.41) is 8.65. The summed E-state index contributed by atoms with van der Waals surface area (Å²) in [6, 6.07) is 21.0. The molecular formula is C23H22N6O2. The van der Waals surface area contributed by atoms with Gasteiger partial charge in [-0.2, -0.15) is 10.0 Å². The van der Waals surface area contributed by atoms with Gasteiger partial charge in [0.25, 0.3) is 5.56 Å². The number of pyridine rings is 1. The summed E-state index contributed by atoms with van der Waals surface area (Å²) in [5.74, 6) is 1.45. The molecule has 8 nitrogen and oxygen atoms in total. The van der Waals surface area contributed by atoms with Crippen LogP contribution in [0.1, 0.15) is 6.42 Å². The Balaban J connectivity index is 1.67. The van der Waals surface area contributed by atoms with Gasteiger partial charge >= 0.3 is 0 Å². The Morgan fingerprint density at radius 1 is 1.00 bits per heavy atom. The first-order valence-electron chi connectivity index (χ1n) is 10.2. The molecule has 0 saturated carbocycles. The highest BCUT2D eigenvalue weighted by molar-refractivity contribution is 5.91.